The highest BCUT2D eigenvalue weighted by molar-refractivity contribution is 7.17. The fourth-order valence-corrected chi connectivity index (χ4v) is 4.99. The van der Waals surface area contributed by atoms with Crippen LogP contribution in [0.3, 0.4) is 0 Å². The van der Waals surface area contributed by atoms with Gasteiger partial charge in [0.1, 0.15) is 21.8 Å². The standard InChI is InChI=1S/C25H26N4O3S/c1-15(2)32-22-11-10-16(12-17(22)13-26)24-28-29-25(33-24)20-8-4-7-19-18(20)6-5-9-21(19)27-14-23(30)31-3/h4,7-8,10-12,15,21,27H,5-6,9,14H2,1-3H3. The molecule has 3 aromatic rings. The summed E-state index contributed by atoms with van der Waals surface area (Å²) in [5, 5.41) is 23.3. The number of hydrogen-bond acceptors (Lipinski definition) is 8. The van der Waals surface area contributed by atoms with Crippen molar-refractivity contribution in [2.45, 2.75) is 45.3 Å². The predicted octanol–water partition coefficient (Wildman–Crippen LogP) is 4.67. The third-order valence-electron chi connectivity index (χ3n) is 5.59. The lowest BCUT2D eigenvalue weighted by molar-refractivity contribution is -0.139. The van der Waals surface area contributed by atoms with E-state index in [1.807, 2.05) is 32.0 Å². The molecule has 33 heavy (non-hydrogen) atoms. The van der Waals surface area contributed by atoms with Crippen molar-refractivity contribution >= 4 is 17.3 Å². The summed E-state index contributed by atoms with van der Waals surface area (Å²) >= 11 is 1.51. The smallest absolute Gasteiger partial charge is 0.319 e. The molecule has 1 aliphatic carbocycles. The molecule has 1 N–H and O–H groups in total. The van der Waals surface area contributed by atoms with Crippen molar-refractivity contribution in [2.75, 3.05) is 13.7 Å². The number of hydrogen-bond donors (Lipinski definition) is 1. The summed E-state index contributed by atoms with van der Waals surface area (Å²) in [6.07, 6.45) is 2.94. The number of methoxy groups -OCH3 is 1. The molecule has 0 saturated heterocycles. The fourth-order valence-electron chi connectivity index (χ4n) is 4.10. The minimum absolute atomic E-state index is 0.00808. The van der Waals surface area contributed by atoms with E-state index in [9.17, 15) is 10.1 Å². The predicted molar refractivity (Wildman–Crippen MR) is 127 cm³/mol. The van der Waals surface area contributed by atoms with E-state index in [4.69, 9.17) is 9.47 Å². The van der Waals surface area contributed by atoms with Crippen molar-refractivity contribution in [3.63, 3.8) is 0 Å². The first kappa shape index (κ1) is 22.9. The van der Waals surface area contributed by atoms with Crippen LogP contribution in [0.25, 0.3) is 21.1 Å². The van der Waals surface area contributed by atoms with Gasteiger partial charge in [0.25, 0.3) is 0 Å². The van der Waals surface area contributed by atoms with Crippen LogP contribution in [0.15, 0.2) is 36.4 Å². The number of nitrogens with one attached hydrogen (secondary N) is 1. The van der Waals surface area contributed by atoms with E-state index < -0.39 is 0 Å². The molecule has 0 spiro atoms. The summed E-state index contributed by atoms with van der Waals surface area (Å²) < 4.78 is 10.5. The van der Waals surface area contributed by atoms with Crippen LogP contribution in [-0.4, -0.2) is 35.9 Å². The average Bonchev–Trinajstić information content (AvgIpc) is 3.32. The Hall–Kier alpha value is -3.28. The van der Waals surface area contributed by atoms with Gasteiger partial charge in [0.2, 0.25) is 0 Å². The molecule has 1 unspecified atom stereocenters. The van der Waals surface area contributed by atoms with Crippen LogP contribution < -0.4 is 10.1 Å². The molecule has 0 bridgehead atoms. The first-order chi connectivity index (χ1) is 16.0. The van der Waals surface area contributed by atoms with E-state index in [-0.39, 0.29) is 24.7 Å². The Morgan fingerprint density at radius 2 is 2.09 bits per heavy atom. The molecule has 2 aromatic carbocycles. The van der Waals surface area contributed by atoms with Crippen molar-refractivity contribution in [3.8, 4) is 33.0 Å². The molecule has 4 rings (SSSR count). The van der Waals surface area contributed by atoms with Crippen LogP contribution in [0.4, 0.5) is 0 Å². The van der Waals surface area contributed by atoms with E-state index in [2.05, 4.69) is 33.7 Å². The molecule has 0 aliphatic heterocycles. The fraction of sp³-hybridized carbons (Fsp3) is 0.360. The van der Waals surface area contributed by atoms with Gasteiger partial charge < -0.3 is 14.8 Å². The molecule has 170 valence electrons. The lowest BCUT2D eigenvalue weighted by Crippen LogP contribution is -2.30. The number of rotatable bonds is 7. The van der Waals surface area contributed by atoms with Crippen LogP contribution in [-0.2, 0) is 16.0 Å². The van der Waals surface area contributed by atoms with Gasteiger partial charge in [0.15, 0.2) is 0 Å². The number of aromatic nitrogens is 2. The number of ether oxygens (including phenoxy) is 2. The van der Waals surface area contributed by atoms with Crippen LogP contribution in [0.5, 0.6) is 5.75 Å². The lowest BCUT2D eigenvalue weighted by Gasteiger charge is -2.27. The van der Waals surface area contributed by atoms with Crippen LogP contribution in [0.2, 0.25) is 0 Å². The highest BCUT2D eigenvalue weighted by Gasteiger charge is 2.24. The van der Waals surface area contributed by atoms with Crippen LogP contribution >= 0.6 is 11.3 Å². The molecule has 1 atom stereocenters. The summed E-state index contributed by atoms with van der Waals surface area (Å²) in [5.41, 5.74) is 4.83. The Balaban J connectivity index is 1.62. The minimum Gasteiger partial charge on any atom is -0.490 e. The Kier molecular flexibility index (Phi) is 7.02. The van der Waals surface area contributed by atoms with E-state index in [1.165, 1.54) is 29.6 Å². The zero-order valence-electron chi connectivity index (χ0n) is 18.9. The quantitative estimate of drug-likeness (QED) is 0.510. The first-order valence-corrected chi connectivity index (χ1v) is 11.8. The number of benzene rings is 2. The van der Waals surface area contributed by atoms with Gasteiger partial charge in [0, 0.05) is 17.2 Å². The maximum absolute atomic E-state index is 11.6. The van der Waals surface area contributed by atoms with Gasteiger partial charge in [-0.3, -0.25) is 4.79 Å². The number of nitrogens with zero attached hydrogens (tertiary/aromatic N) is 3. The van der Waals surface area contributed by atoms with E-state index in [1.54, 1.807) is 6.07 Å². The SMILES string of the molecule is COC(=O)CNC1CCCc2c(-c3nnc(-c4ccc(OC(C)C)c(C#N)c4)s3)cccc21. The first-order valence-electron chi connectivity index (χ1n) is 11.0. The van der Waals surface area contributed by atoms with Gasteiger partial charge in [-0.2, -0.15) is 5.26 Å². The molecule has 0 saturated carbocycles. The highest BCUT2D eigenvalue weighted by Crippen LogP contribution is 2.39. The average molecular weight is 463 g/mol. The van der Waals surface area contributed by atoms with Gasteiger partial charge >= 0.3 is 5.97 Å². The van der Waals surface area contributed by atoms with Crippen molar-refractivity contribution in [2.24, 2.45) is 0 Å². The topological polar surface area (TPSA) is 97.1 Å². The molecule has 1 heterocycles. The summed E-state index contributed by atoms with van der Waals surface area (Å²) in [6, 6.07) is 14.1. The van der Waals surface area contributed by atoms with E-state index in [0.717, 1.165) is 40.4 Å². The Labute approximate surface area is 197 Å². The molecule has 0 radical (unpaired) electrons. The molecule has 0 amide bonds. The summed E-state index contributed by atoms with van der Waals surface area (Å²) in [6.45, 7) is 4.05. The molecule has 0 fully saturated rings. The van der Waals surface area contributed by atoms with Crippen LogP contribution in [0, 0.1) is 11.3 Å². The van der Waals surface area contributed by atoms with E-state index in [0.29, 0.717) is 11.3 Å². The van der Waals surface area contributed by atoms with Gasteiger partial charge in [0.05, 0.1) is 25.3 Å². The largest absolute Gasteiger partial charge is 0.490 e. The number of fused-ring (bicyclic) bond motifs is 1. The second kappa shape index (κ2) is 10.1. The number of esters is 1. The normalized spacial score (nSPS) is 15.1. The van der Waals surface area contributed by atoms with Gasteiger partial charge in [-0.05, 0) is 62.4 Å². The monoisotopic (exact) mass is 462 g/mol. The molecule has 7 nitrogen and oxygen atoms in total. The highest BCUT2D eigenvalue weighted by atomic mass is 32.1. The second-order valence-corrected chi connectivity index (χ2v) is 9.15. The Morgan fingerprint density at radius 3 is 2.85 bits per heavy atom. The van der Waals surface area contributed by atoms with E-state index >= 15 is 0 Å². The maximum atomic E-state index is 11.6. The minimum atomic E-state index is -0.270. The zero-order chi connectivity index (χ0) is 23.4. The van der Waals surface area contributed by atoms with Gasteiger partial charge in [-0.25, -0.2) is 0 Å². The van der Waals surface area contributed by atoms with Crippen molar-refractivity contribution in [1.29, 1.82) is 5.26 Å². The number of carbonyl (C=O) groups is 1. The number of carbonyl (C=O) groups excluding carboxylic acids is 1. The maximum Gasteiger partial charge on any atom is 0.319 e. The molecular formula is C25H26N4O3S. The van der Waals surface area contributed by atoms with Crippen LogP contribution in [0.1, 0.15) is 49.4 Å². The number of nitriles is 1. The third kappa shape index (κ3) is 5.05. The second-order valence-electron chi connectivity index (χ2n) is 8.18. The Morgan fingerprint density at radius 1 is 1.27 bits per heavy atom. The third-order valence-corrected chi connectivity index (χ3v) is 6.60. The molecule has 1 aliphatic rings. The van der Waals surface area contributed by atoms with Crippen molar-refractivity contribution in [3.05, 3.63) is 53.1 Å². The van der Waals surface area contributed by atoms with Crippen molar-refractivity contribution < 1.29 is 14.3 Å². The lowest BCUT2D eigenvalue weighted by atomic mass is 9.85. The summed E-state index contributed by atoms with van der Waals surface area (Å²) in [4.78, 5) is 11.6. The molecule has 1 aromatic heterocycles. The zero-order valence-corrected chi connectivity index (χ0v) is 19.7. The molecule has 8 heteroatoms. The summed E-state index contributed by atoms with van der Waals surface area (Å²) in [5.74, 6) is 0.303. The van der Waals surface area contributed by atoms with Gasteiger partial charge in [-0.1, -0.05) is 29.5 Å². The Bertz CT molecular complexity index is 1200. The molecular weight excluding hydrogens is 436 g/mol. The van der Waals surface area contributed by atoms with Gasteiger partial charge in [-0.15, -0.1) is 10.2 Å². The summed E-state index contributed by atoms with van der Waals surface area (Å²) in [7, 11) is 1.40. The van der Waals surface area contributed by atoms with Crippen molar-refractivity contribution in [1.82, 2.24) is 15.5 Å².